The van der Waals surface area contributed by atoms with E-state index in [9.17, 15) is 4.79 Å². The zero-order chi connectivity index (χ0) is 19.1. The monoisotopic (exact) mass is 358 g/mol. The van der Waals surface area contributed by atoms with Gasteiger partial charge in [-0.1, -0.05) is 49.4 Å². The summed E-state index contributed by atoms with van der Waals surface area (Å²) in [4.78, 5) is 12.3. The van der Waals surface area contributed by atoms with Crippen LogP contribution in [0.4, 0.5) is 0 Å². The van der Waals surface area contributed by atoms with Gasteiger partial charge in [-0.3, -0.25) is 4.79 Å². The van der Waals surface area contributed by atoms with E-state index in [1.165, 1.54) is 6.26 Å². The van der Waals surface area contributed by atoms with Crippen LogP contribution in [0.3, 0.4) is 0 Å². The van der Waals surface area contributed by atoms with Gasteiger partial charge in [-0.2, -0.15) is 0 Å². The molecule has 2 rings (SSSR count). The number of allylic oxidation sites excluding steroid dienone is 3. The smallest absolute Gasteiger partial charge is 0.243 e. The molecule has 1 aromatic rings. The molecule has 1 unspecified atom stereocenters. The van der Waals surface area contributed by atoms with Gasteiger partial charge in [0.2, 0.25) is 5.91 Å². The van der Waals surface area contributed by atoms with Gasteiger partial charge in [0.25, 0.3) is 0 Å². The molecule has 1 fully saturated rings. The summed E-state index contributed by atoms with van der Waals surface area (Å²) in [5.74, 6) is 0.306. The molecular weight excluding hydrogens is 328 g/mol. The molecule has 26 heavy (non-hydrogen) atoms. The average Bonchev–Trinajstić information content (AvgIpc) is 3.15. The van der Waals surface area contributed by atoms with Crippen molar-refractivity contribution < 1.29 is 14.1 Å². The van der Waals surface area contributed by atoms with E-state index in [0.29, 0.717) is 5.92 Å². The van der Waals surface area contributed by atoms with Gasteiger partial charge in [0.15, 0.2) is 0 Å². The Kier molecular flexibility index (Phi) is 7.39. The highest BCUT2D eigenvalue weighted by Crippen LogP contribution is 2.28. The third-order valence-corrected chi connectivity index (χ3v) is 5.00. The van der Waals surface area contributed by atoms with E-state index in [-0.39, 0.29) is 30.1 Å². The molecule has 0 bridgehead atoms. The number of aromatic nitrogens is 1. The van der Waals surface area contributed by atoms with Crippen molar-refractivity contribution in [2.75, 3.05) is 0 Å². The summed E-state index contributed by atoms with van der Waals surface area (Å²) in [6.07, 6.45) is 10.9. The fourth-order valence-electron chi connectivity index (χ4n) is 3.12. The summed E-state index contributed by atoms with van der Waals surface area (Å²) < 4.78 is 11.0. The van der Waals surface area contributed by atoms with Gasteiger partial charge < -0.3 is 14.6 Å². The van der Waals surface area contributed by atoms with Crippen LogP contribution in [0.2, 0.25) is 0 Å². The number of carbonyl (C=O) groups is 1. The lowest BCUT2D eigenvalue weighted by Crippen LogP contribution is -2.50. The van der Waals surface area contributed by atoms with Crippen molar-refractivity contribution >= 4 is 5.91 Å². The molecule has 1 aromatic heterocycles. The molecule has 2 heterocycles. The summed E-state index contributed by atoms with van der Waals surface area (Å²) in [7, 11) is 0. The Morgan fingerprint density at radius 1 is 1.50 bits per heavy atom. The van der Waals surface area contributed by atoms with Crippen LogP contribution in [-0.4, -0.2) is 29.3 Å². The summed E-state index contributed by atoms with van der Waals surface area (Å²) in [6.45, 7) is 12.0. The van der Waals surface area contributed by atoms with E-state index in [1.807, 2.05) is 32.9 Å². The van der Waals surface area contributed by atoms with Crippen LogP contribution in [0.15, 0.2) is 53.3 Å². The number of ether oxygens (including phenoxy) is 1. The fourth-order valence-corrected chi connectivity index (χ4v) is 3.12. The predicted molar refractivity (Wildman–Crippen MR) is 103 cm³/mol. The maximum Gasteiger partial charge on any atom is 0.243 e. The molecule has 1 saturated heterocycles. The molecule has 5 heteroatoms. The summed E-state index contributed by atoms with van der Waals surface area (Å²) in [6, 6.07) is 1.82. The van der Waals surface area contributed by atoms with Gasteiger partial charge in [-0.15, -0.1) is 0 Å². The van der Waals surface area contributed by atoms with Crippen molar-refractivity contribution in [1.29, 1.82) is 0 Å². The Hall–Kier alpha value is -2.14. The SMILES string of the molecule is C=C/C(C)=C/C[C@@H]1O[C@H](C)[C@H](NC(=O)C=CC(C)c2ccon2)C[C@@H]1C. The molecular formula is C21H30N2O3. The number of amides is 1. The topological polar surface area (TPSA) is 64.4 Å². The second-order valence-electron chi connectivity index (χ2n) is 7.17. The van der Waals surface area contributed by atoms with Gasteiger partial charge in [0.05, 0.1) is 23.9 Å². The molecule has 1 amide bonds. The fraction of sp³-hybridized carbons (Fsp3) is 0.524. The molecule has 1 N–H and O–H groups in total. The van der Waals surface area contributed by atoms with Crippen molar-refractivity contribution in [3.8, 4) is 0 Å². The molecule has 0 aliphatic carbocycles. The molecule has 5 atom stereocenters. The Balaban J connectivity index is 1.86. The van der Waals surface area contributed by atoms with Crippen LogP contribution >= 0.6 is 0 Å². The molecule has 0 radical (unpaired) electrons. The number of nitrogens with one attached hydrogen (secondary N) is 1. The lowest BCUT2D eigenvalue weighted by Gasteiger charge is -2.39. The van der Waals surface area contributed by atoms with Crippen LogP contribution in [0.5, 0.6) is 0 Å². The van der Waals surface area contributed by atoms with E-state index in [0.717, 1.165) is 24.1 Å². The summed E-state index contributed by atoms with van der Waals surface area (Å²) >= 11 is 0. The number of rotatable bonds is 7. The molecule has 142 valence electrons. The standard InChI is InChI=1S/C21H30N2O3/c1-6-14(2)7-9-20-16(4)13-19(17(5)26-20)22-21(24)10-8-15(3)18-11-12-25-23-18/h6-8,10-12,15-17,19-20H,1,9,13H2,2-5H3,(H,22,24)/b10-8?,14-7+/t15?,16-,17+,19+,20-/m0/s1. The number of hydrogen-bond acceptors (Lipinski definition) is 4. The van der Waals surface area contributed by atoms with Gasteiger partial charge in [0, 0.05) is 12.0 Å². The van der Waals surface area contributed by atoms with E-state index in [4.69, 9.17) is 9.26 Å². The van der Waals surface area contributed by atoms with Crippen LogP contribution in [0.25, 0.3) is 0 Å². The first-order chi connectivity index (χ1) is 12.4. The maximum atomic E-state index is 12.3. The minimum Gasteiger partial charge on any atom is -0.373 e. The zero-order valence-corrected chi connectivity index (χ0v) is 16.1. The third-order valence-electron chi connectivity index (χ3n) is 5.00. The van der Waals surface area contributed by atoms with E-state index in [1.54, 1.807) is 12.1 Å². The van der Waals surface area contributed by atoms with Crippen molar-refractivity contribution in [1.82, 2.24) is 10.5 Å². The molecule has 0 spiro atoms. The second kappa shape index (κ2) is 9.53. The summed E-state index contributed by atoms with van der Waals surface area (Å²) in [5.41, 5.74) is 1.97. The Morgan fingerprint density at radius 2 is 2.27 bits per heavy atom. The Morgan fingerprint density at radius 3 is 2.92 bits per heavy atom. The highest BCUT2D eigenvalue weighted by molar-refractivity contribution is 5.87. The zero-order valence-electron chi connectivity index (χ0n) is 16.1. The van der Waals surface area contributed by atoms with Crippen molar-refractivity contribution in [2.45, 2.75) is 64.7 Å². The molecule has 0 saturated carbocycles. The largest absolute Gasteiger partial charge is 0.373 e. The number of hydrogen-bond donors (Lipinski definition) is 1. The first kappa shape index (κ1) is 20.2. The Labute approximate surface area is 156 Å². The first-order valence-electron chi connectivity index (χ1n) is 9.24. The average molecular weight is 358 g/mol. The maximum absolute atomic E-state index is 12.3. The molecule has 5 nitrogen and oxygen atoms in total. The van der Waals surface area contributed by atoms with Crippen molar-refractivity contribution in [3.05, 3.63) is 54.5 Å². The third kappa shape index (κ3) is 5.70. The van der Waals surface area contributed by atoms with Gasteiger partial charge in [-0.05, 0) is 38.7 Å². The normalized spacial score (nSPS) is 28.1. The van der Waals surface area contributed by atoms with Crippen LogP contribution in [0, 0.1) is 5.92 Å². The molecule has 1 aliphatic rings. The van der Waals surface area contributed by atoms with E-state index >= 15 is 0 Å². The van der Waals surface area contributed by atoms with Crippen LogP contribution in [0.1, 0.15) is 52.1 Å². The highest BCUT2D eigenvalue weighted by Gasteiger charge is 2.33. The van der Waals surface area contributed by atoms with Crippen molar-refractivity contribution in [3.63, 3.8) is 0 Å². The molecule has 0 aromatic carbocycles. The van der Waals surface area contributed by atoms with Crippen molar-refractivity contribution in [2.24, 2.45) is 5.92 Å². The van der Waals surface area contributed by atoms with Gasteiger partial charge in [-0.25, -0.2) is 0 Å². The quantitative estimate of drug-likeness (QED) is 0.587. The molecule has 1 aliphatic heterocycles. The lowest BCUT2D eigenvalue weighted by atomic mass is 9.88. The predicted octanol–water partition coefficient (Wildman–Crippen LogP) is 4.16. The Bertz CT molecular complexity index is 648. The summed E-state index contributed by atoms with van der Waals surface area (Å²) in [5, 5.41) is 6.96. The van der Waals surface area contributed by atoms with Gasteiger partial charge >= 0.3 is 0 Å². The lowest BCUT2D eigenvalue weighted by molar-refractivity contribution is -0.123. The minimum absolute atomic E-state index is 0.0149. The van der Waals surface area contributed by atoms with Crippen LogP contribution < -0.4 is 5.32 Å². The van der Waals surface area contributed by atoms with E-state index < -0.39 is 0 Å². The second-order valence-corrected chi connectivity index (χ2v) is 7.17. The van der Waals surface area contributed by atoms with Gasteiger partial charge in [0.1, 0.15) is 6.26 Å². The number of nitrogens with zero attached hydrogens (tertiary/aromatic N) is 1. The highest BCUT2D eigenvalue weighted by atomic mass is 16.5. The minimum atomic E-state index is -0.103. The first-order valence-corrected chi connectivity index (χ1v) is 9.24. The van der Waals surface area contributed by atoms with E-state index in [2.05, 4.69) is 30.1 Å². The van der Waals surface area contributed by atoms with Crippen LogP contribution in [-0.2, 0) is 9.53 Å². The number of carbonyl (C=O) groups excluding carboxylic acids is 1.